The highest BCUT2D eigenvalue weighted by Gasteiger charge is 2.19. The number of benzene rings is 2. The van der Waals surface area contributed by atoms with Crippen molar-refractivity contribution in [1.29, 1.82) is 0 Å². The molecule has 0 radical (unpaired) electrons. The maximum atomic E-state index is 14.0. The molecular formula is C16H13F2N3. The molecule has 1 heterocycles. The molecule has 21 heavy (non-hydrogen) atoms. The summed E-state index contributed by atoms with van der Waals surface area (Å²) in [7, 11) is 0. The fourth-order valence-electron chi connectivity index (χ4n) is 2.47. The van der Waals surface area contributed by atoms with Gasteiger partial charge in [-0.2, -0.15) is 0 Å². The lowest BCUT2D eigenvalue weighted by atomic mass is 9.95. The van der Waals surface area contributed by atoms with Gasteiger partial charge < -0.3 is 0 Å². The highest BCUT2D eigenvalue weighted by atomic mass is 19.1. The smallest absolute Gasteiger partial charge is 0.131 e. The Labute approximate surface area is 120 Å². The molecule has 1 unspecified atom stereocenters. The van der Waals surface area contributed by atoms with Crippen molar-refractivity contribution in [3.63, 3.8) is 0 Å². The van der Waals surface area contributed by atoms with Crippen LogP contribution < -0.4 is 11.3 Å². The predicted molar refractivity (Wildman–Crippen MR) is 77.3 cm³/mol. The van der Waals surface area contributed by atoms with Crippen molar-refractivity contribution in [1.82, 2.24) is 10.4 Å². The van der Waals surface area contributed by atoms with Crippen LogP contribution >= 0.6 is 0 Å². The molecule has 0 spiro atoms. The molecular weight excluding hydrogens is 272 g/mol. The van der Waals surface area contributed by atoms with Gasteiger partial charge in [-0.1, -0.05) is 24.3 Å². The van der Waals surface area contributed by atoms with E-state index in [9.17, 15) is 8.78 Å². The zero-order chi connectivity index (χ0) is 14.8. The maximum absolute atomic E-state index is 14.0. The summed E-state index contributed by atoms with van der Waals surface area (Å²) in [5.41, 5.74) is 3.67. The number of hydrogen-bond acceptors (Lipinski definition) is 3. The summed E-state index contributed by atoms with van der Waals surface area (Å²) in [5, 5.41) is 1.84. The Morgan fingerprint density at radius 1 is 1.05 bits per heavy atom. The zero-order valence-corrected chi connectivity index (χ0v) is 11.1. The molecule has 3 nitrogen and oxygen atoms in total. The predicted octanol–water partition coefficient (Wildman–Crippen LogP) is 3.07. The van der Waals surface area contributed by atoms with E-state index < -0.39 is 17.7 Å². The van der Waals surface area contributed by atoms with E-state index in [0.29, 0.717) is 0 Å². The van der Waals surface area contributed by atoms with Crippen molar-refractivity contribution in [2.24, 2.45) is 5.84 Å². The second-order valence-corrected chi connectivity index (χ2v) is 4.71. The fourth-order valence-corrected chi connectivity index (χ4v) is 2.47. The third-order valence-electron chi connectivity index (χ3n) is 3.47. The highest BCUT2D eigenvalue weighted by Crippen LogP contribution is 2.29. The molecule has 5 heteroatoms. The van der Waals surface area contributed by atoms with E-state index in [1.807, 2.05) is 24.3 Å². The van der Waals surface area contributed by atoms with Gasteiger partial charge in [0.2, 0.25) is 0 Å². The van der Waals surface area contributed by atoms with Gasteiger partial charge in [-0.05, 0) is 23.1 Å². The number of hydrogen-bond donors (Lipinski definition) is 2. The molecule has 0 saturated heterocycles. The third kappa shape index (κ3) is 2.49. The van der Waals surface area contributed by atoms with Crippen LogP contribution in [0.5, 0.6) is 0 Å². The number of halogens is 2. The van der Waals surface area contributed by atoms with Gasteiger partial charge in [0.05, 0.1) is 6.04 Å². The van der Waals surface area contributed by atoms with Crippen molar-refractivity contribution < 1.29 is 8.78 Å². The number of aromatic nitrogens is 1. The second-order valence-electron chi connectivity index (χ2n) is 4.71. The fraction of sp³-hybridized carbons (Fsp3) is 0.0625. The first-order valence-corrected chi connectivity index (χ1v) is 6.44. The number of hydrazine groups is 1. The van der Waals surface area contributed by atoms with E-state index in [1.165, 1.54) is 12.1 Å². The lowest BCUT2D eigenvalue weighted by Crippen LogP contribution is -2.29. The Kier molecular flexibility index (Phi) is 3.60. The van der Waals surface area contributed by atoms with Crippen LogP contribution in [0.15, 0.2) is 54.9 Å². The van der Waals surface area contributed by atoms with Crippen LogP contribution in [0.4, 0.5) is 8.78 Å². The van der Waals surface area contributed by atoms with Gasteiger partial charge in [0.25, 0.3) is 0 Å². The maximum Gasteiger partial charge on any atom is 0.131 e. The van der Waals surface area contributed by atoms with E-state index in [0.717, 1.165) is 22.4 Å². The number of nitrogens with two attached hydrogens (primary N) is 1. The molecule has 106 valence electrons. The van der Waals surface area contributed by atoms with Crippen molar-refractivity contribution in [3.8, 4) is 0 Å². The van der Waals surface area contributed by atoms with Gasteiger partial charge in [-0.15, -0.1) is 0 Å². The lowest BCUT2D eigenvalue weighted by Gasteiger charge is -2.19. The zero-order valence-electron chi connectivity index (χ0n) is 11.1. The quantitative estimate of drug-likeness (QED) is 0.574. The van der Waals surface area contributed by atoms with Gasteiger partial charge in [0.1, 0.15) is 11.6 Å². The van der Waals surface area contributed by atoms with Gasteiger partial charge in [-0.25, -0.2) is 14.2 Å². The molecule has 0 amide bonds. The Morgan fingerprint density at radius 2 is 1.90 bits per heavy atom. The summed E-state index contributed by atoms with van der Waals surface area (Å²) in [6, 6.07) is 10.4. The molecule has 0 aliphatic carbocycles. The molecule has 1 aromatic heterocycles. The molecule has 0 fully saturated rings. The monoisotopic (exact) mass is 285 g/mol. The standard InChI is InChI=1S/C16H13F2N3/c17-11-4-5-13(15(18)8-11)16(21-19)12-3-1-2-10-6-7-20-9-14(10)12/h1-9,16,21H,19H2. The average molecular weight is 285 g/mol. The van der Waals surface area contributed by atoms with Crippen LogP contribution in [-0.2, 0) is 0 Å². The normalized spacial score (nSPS) is 12.5. The number of fused-ring (bicyclic) bond motifs is 1. The minimum Gasteiger partial charge on any atom is -0.271 e. The van der Waals surface area contributed by atoms with E-state index in [4.69, 9.17) is 5.84 Å². The van der Waals surface area contributed by atoms with Crippen LogP contribution in [0, 0.1) is 11.6 Å². The highest BCUT2D eigenvalue weighted by molar-refractivity contribution is 5.85. The van der Waals surface area contributed by atoms with E-state index >= 15 is 0 Å². The average Bonchev–Trinajstić information content (AvgIpc) is 2.50. The molecule has 1 atom stereocenters. The minimum atomic E-state index is -0.640. The minimum absolute atomic E-state index is 0.287. The van der Waals surface area contributed by atoms with Gasteiger partial charge >= 0.3 is 0 Å². The van der Waals surface area contributed by atoms with Crippen molar-refractivity contribution in [3.05, 3.63) is 77.6 Å². The van der Waals surface area contributed by atoms with E-state index in [2.05, 4.69) is 10.4 Å². The molecule has 2 aromatic carbocycles. The summed E-state index contributed by atoms with van der Waals surface area (Å²) < 4.78 is 27.1. The Bertz CT molecular complexity index is 784. The Balaban J connectivity index is 2.18. The van der Waals surface area contributed by atoms with Crippen LogP contribution in [0.2, 0.25) is 0 Å². The summed E-state index contributed by atoms with van der Waals surface area (Å²) in [4.78, 5) is 4.10. The number of pyridine rings is 1. The van der Waals surface area contributed by atoms with Crippen LogP contribution in [0.25, 0.3) is 10.8 Å². The first-order valence-electron chi connectivity index (χ1n) is 6.44. The summed E-state index contributed by atoms with van der Waals surface area (Å²) in [6.45, 7) is 0. The number of nitrogens with zero attached hydrogens (tertiary/aromatic N) is 1. The van der Waals surface area contributed by atoms with E-state index in [-0.39, 0.29) is 5.56 Å². The molecule has 3 N–H and O–H groups in total. The van der Waals surface area contributed by atoms with E-state index in [1.54, 1.807) is 12.4 Å². The molecule has 0 bridgehead atoms. The van der Waals surface area contributed by atoms with Crippen LogP contribution in [0.3, 0.4) is 0 Å². The Morgan fingerprint density at radius 3 is 2.67 bits per heavy atom. The molecule has 3 aromatic rings. The topological polar surface area (TPSA) is 50.9 Å². The van der Waals surface area contributed by atoms with Gasteiger partial charge in [-0.3, -0.25) is 10.8 Å². The summed E-state index contributed by atoms with van der Waals surface area (Å²) in [6.07, 6.45) is 3.39. The molecule has 0 aliphatic heterocycles. The van der Waals surface area contributed by atoms with Crippen molar-refractivity contribution >= 4 is 10.8 Å². The number of rotatable bonds is 3. The van der Waals surface area contributed by atoms with Crippen molar-refractivity contribution in [2.45, 2.75) is 6.04 Å². The first kappa shape index (κ1) is 13.6. The van der Waals surface area contributed by atoms with Gasteiger partial charge in [0.15, 0.2) is 0 Å². The first-order chi connectivity index (χ1) is 10.2. The SMILES string of the molecule is NNC(c1ccc(F)cc1F)c1cccc2ccncc12. The molecule has 3 rings (SSSR count). The Hall–Kier alpha value is -2.37. The number of nitrogens with one attached hydrogen (secondary N) is 1. The third-order valence-corrected chi connectivity index (χ3v) is 3.47. The lowest BCUT2D eigenvalue weighted by molar-refractivity contribution is 0.542. The molecule has 0 aliphatic rings. The van der Waals surface area contributed by atoms with Crippen molar-refractivity contribution in [2.75, 3.05) is 0 Å². The van der Waals surface area contributed by atoms with Crippen LogP contribution in [0.1, 0.15) is 17.2 Å². The van der Waals surface area contributed by atoms with Gasteiger partial charge in [0, 0.05) is 29.4 Å². The largest absolute Gasteiger partial charge is 0.271 e. The molecule has 0 saturated carbocycles. The summed E-state index contributed by atoms with van der Waals surface area (Å²) in [5.74, 6) is 4.35. The summed E-state index contributed by atoms with van der Waals surface area (Å²) >= 11 is 0. The van der Waals surface area contributed by atoms with Crippen LogP contribution in [-0.4, -0.2) is 4.98 Å². The second kappa shape index (κ2) is 5.55.